The van der Waals surface area contributed by atoms with Crippen molar-refractivity contribution in [1.82, 2.24) is 15.3 Å². The van der Waals surface area contributed by atoms with Crippen LogP contribution in [0, 0.1) is 6.92 Å². The van der Waals surface area contributed by atoms with E-state index in [9.17, 15) is 4.79 Å². The second-order valence-electron chi connectivity index (χ2n) is 7.11. The van der Waals surface area contributed by atoms with Gasteiger partial charge in [0.15, 0.2) is 0 Å². The van der Waals surface area contributed by atoms with E-state index in [1.54, 1.807) is 32.4 Å². The van der Waals surface area contributed by atoms with Gasteiger partial charge in [-0.3, -0.25) is 0 Å². The van der Waals surface area contributed by atoms with Crippen molar-refractivity contribution >= 4 is 23.5 Å². The molecule has 3 rings (SSSR count). The van der Waals surface area contributed by atoms with Gasteiger partial charge in [0.05, 0.1) is 19.9 Å². The maximum absolute atomic E-state index is 12.2. The lowest BCUT2D eigenvalue weighted by atomic mass is 10.1. The number of nitrogens with one attached hydrogen (secondary N) is 3. The lowest BCUT2D eigenvalue weighted by molar-refractivity contribution is 0.252. The monoisotopic (exact) mass is 414 g/mol. The van der Waals surface area contributed by atoms with Crippen LogP contribution in [0.5, 0.6) is 11.5 Å². The van der Waals surface area contributed by atoms with E-state index in [0.717, 1.165) is 24.6 Å². The van der Waals surface area contributed by atoms with Crippen molar-refractivity contribution in [3.8, 4) is 11.5 Å². The third-order valence-corrected chi connectivity index (χ3v) is 4.87. The Morgan fingerprint density at radius 3 is 2.60 bits per heavy atom. The third kappa shape index (κ3) is 5.88. The first-order valence-electron chi connectivity index (χ1n) is 10.2. The zero-order valence-electron chi connectivity index (χ0n) is 17.8. The molecule has 1 fully saturated rings. The highest BCUT2D eigenvalue weighted by molar-refractivity contribution is 5.91. The number of carbonyl (C=O) groups excluding carboxylic acids is 1. The van der Waals surface area contributed by atoms with Crippen LogP contribution in [-0.4, -0.2) is 56.4 Å². The van der Waals surface area contributed by atoms with Gasteiger partial charge in [-0.05, 0) is 38.3 Å². The second-order valence-corrected chi connectivity index (χ2v) is 7.11. The number of aromatic nitrogens is 2. The largest absolute Gasteiger partial charge is 0.497 e. The van der Waals surface area contributed by atoms with E-state index < -0.39 is 0 Å². The Balaban J connectivity index is 1.49. The number of hydrogen-bond acceptors (Lipinski definition) is 7. The molecule has 0 bridgehead atoms. The Bertz CT molecular complexity index is 855. The van der Waals surface area contributed by atoms with Crippen LogP contribution in [0.15, 0.2) is 24.3 Å². The van der Waals surface area contributed by atoms with Crippen LogP contribution in [0.25, 0.3) is 0 Å². The number of amides is 2. The molecule has 0 radical (unpaired) electrons. The topological polar surface area (TPSA) is 101 Å². The Hall–Kier alpha value is -3.23. The SMILES string of the molecule is COc1ccc(OC)c(NC(=O)NCCNc2nc(C)cc(N3CCCCC3)n2)c1. The van der Waals surface area contributed by atoms with Gasteiger partial charge < -0.3 is 30.3 Å². The fourth-order valence-corrected chi connectivity index (χ4v) is 3.34. The van der Waals surface area contributed by atoms with E-state index in [0.29, 0.717) is 36.2 Å². The van der Waals surface area contributed by atoms with Crippen LogP contribution in [0.1, 0.15) is 25.0 Å². The van der Waals surface area contributed by atoms with E-state index in [1.807, 2.05) is 13.0 Å². The number of rotatable bonds is 8. The van der Waals surface area contributed by atoms with E-state index >= 15 is 0 Å². The number of hydrogen-bond donors (Lipinski definition) is 3. The number of ether oxygens (including phenoxy) is 2. The number of nitrogens with zero attached hydrogens (tertiary/aromatic N) is 3. The van der Waals surface area contributed by atoms with Crippen LogP contribution in [0.3, 0.4) is 0 Å². The molecular weight excluding hydrogens is 384 g/mol. The molecule has 162 valence electrons. The van der Waals surface area contributed by atoms with Crippen molar-refractivity contribution in [3.05, 3.63) is 30.0 Å². The van der Waals surface area contributed by atoms with Crippen molar-refractivity contribution in [2.24, 2.45) is 0 Å². The summed E-state index contributed by atoms with van der Waals surface area (Å²) in [7, 11) is 3.12. The Morgan fingerprint density at radius 1 is 1.07 bits per heavy atom. The Labute approximate surface area is 177 Å². The van der Waals surface area contributed by atoms with E-state index in [1.165, 1.54) is 19.3 Å². The lowest BCUT2D eigenvalue weighted by Crippen LogP contribution is -2.33. The normalized spacial score (nSPS) is 13.5. The summed E-state index contributed by atoms with van der Waals surface area (Å²) in [5, 5.41) is 8.77. The molecule has 1 aliphatic rings. The smallest absolute Gasteiger partial charge is 0.319 e. The summed E-state index contributed by atoms with van der Waals surface area (Å²) >= 11 is 0. The summed E-state index contributed by atoms with van der Waals surface area (Å²) in [5.41, 5.74) is 1.46. The molecule has 0 unspecified atom stereocenters. The average Bonchev–Trinajstić information content (AvgIpc) is 2.77. The fraction of sp³-hybridized carbons (Fsp3) is 0.476. The van der Waals surface area contributed by atoms with Gasteiger partial charge >= 0.3 is 6.03 Å². The zero-order chi connectivity index (χ0) is 21.3. The molecule has 2 aromatic rings. The van der Waals surface area contributed by atoms with Crippen LogP contribution in [0.4, 0.5) is 22.2 Å². The summed E-state index contributed by atoms with van der Waals surface area (Å²) in [5.74, 6) is 2.73. The molecule has 1 aromatic carbocycles. The first kappa shape index (κ1) is 21.5. The number of methoxy groups -OCH3 is 2. The molecule has 1 aromatic heterocycles. The van der Waals surface area contributed by atoms with Gasteiger partial charge in [0.2, 0.25) is 5.95 Å². The van der Waals surface area contributed by atoms with E-state index in [-0.39, 0.29) is 6.03 Å². The lowest BCUT2D eigenvalue weighted by Gasteiger charge is -2.28. The van der Waals surface area contributed by atoms with Gasteiger partial charge in [-0.1, -0.05) is 0 Å². The number of urea groups is 1. The van der Waals surface area contributed by atoms with Crippen molar-refractivity contribution < 1.29 is 14.3 Å². The van der Waals surface area contributed by atoms with Crippen molar-refractivity contribution in [2.75, 3.05) is 55.9 Å². The zero-order valence-corrected chi connectivity index (χ0v) is 17.8. The maximum atomic E-state index is 12.2. The summed E-state index contributed by atoms with van der Waals surface area (Å²) in [6.07, 6.45) is 3.67. The second kappa shape index (κ2) is 10.5. The summed E-state index contributed by atoms with van der Waals surface area (Å²) < 4.78 is 10.5. The predicted octanol–water partition coefficient (Wildman–Crippen LogP) is 3.03. The third-order valence-electron chi connectivity index (χ3n) is 4.87. The molecule has 0 spiro atoms. The molecule has 2 heterocycles. The van der Waals surface area contributed by atoms with Gasteiger partial charge in [0.1, 0.15) is 17.3 Å². The van der Waals surface area contributed by atoms with Crippen molar-refractivity contribution in [2.45, 2.75) is 26.2 Å². The molecule has 9 heteroatoms. The molecule has 1 saturated heterocycles. The highest BCUT2D eigenvalue weighted by Crippen LogP contribution is 2.28. The molecule has 0 saturated carbocycles. The van der Waals surface area contributed by atoms with Gasteiger partial charge in [0, 0.05) is 44.0 Å². The number of benzene rings is 1. The minimum absolute atomic E-state index is 0.331. The van der Waals surface area contributed by atoms with E-state index in [4.69, 9.17) is 9.47 Å². The molecule has 9 nitrogen and oxygen atoms in total. The van der Waals surface area contributed by atoms with Crippen LogP contribution in [0.2, 0.25) is 0 Å². The number of aryl methyl sites for hydroxylation is 1. The molecule has 0 atom stereocenters. The summed E-state index contributed by atoms with van der Waals surface area (Å²) in [6, 6.07) is 6.91. The molecule has 3 N–H and O–H groups in total. The number of anilines is 3. The standard InChI is InChI=1S/C21H30N6O3/c1-15-13-19(27-11-5-4-6-12-27)26-20(24-15)22-9-10-23-21(28)25-17-14-16(29-2)7-8-18(17)30-3/h7-8,13-14H,4-6,9-12H2,1-3H3,(H,22,24,26)(H2,23,25,28). The highest BCUT2D eigenvalue weighted by Gasteiger charge is 2.14. The molecule has 2 amide bonds. The molecule has 0 aliphatic carbocycles. The van der Waals surface area contributed by atoms with Gasteiger partial charge in [0.25, 0.3) is 0 Å². The average molecular weight is 415 g/mol. The minimum Gasteiger partial charge on any atom is -0.497 e. The van der Waals surface area contributed by atoms with Crippen molar-refractivity contribution in [1.29, 1.82) is 0 Å². The summed E-state index contributed by atoms with van der Waals surface area (Å²) in [6.45, 7) is 4.95. The van der Waals surface area contributed by atoms with Gasteiger partial charge in [-0.2, -0.15) is 4.98 Å². The minimum atomic E-state index is -0.331. The van der Waals surface area contributed by atoms with Crippen LogP contribution >= 0.6 is 0 Å². The van der Waals surface area contributed by atoms with E-state index in [2.05, 4.69) is 30.8 Å². The first-order valence-corrected chi connectivity index (χ1v) is 10.2. The predicted molar refractivity (Wildman–Crippen MR) is 118 cm³/mol. The Kier molecular flexibility index (Phi) is 7.53. The molecular formula is C21H30N6O3. The molecule has 30 heavy (non-hydrogen) atoms. The van der Waals surface area contributed by atoms with Crippen molar-refractivity contribution in [3.63, 3.8) is 0 Å². The number of carbonyl (C=O) groups is 1. The quantitative estimate of drug-likeness (QED) is 0.571. The van der Waals surface area contributed by atoms with Gasteiger partial charge in [-0.15, -0.1) is 0 Å². The van der Waals surface area contributed by atoms with Gasteiger partial charge in [-0.25, -0.2) is 9.78 Å². The van der Waals surface area contributed by atoms with Crippen LogP contribution in [-0.2, 0) is 0 Å². The maximum Gasteiger partial charge on any atom is 0.319 e. The summed E-state index contributed by atoms with van der Waals surface area (Å²) in [4.78, 5) is 23.6. The molecule has 1 aliphatic heterocycles. The Morgan fingerprint density at radius 2 is 1.87 bits per heavy atom. The van der Waals surface area contributed by atoms with Crippen LogP contribution < -0.4 is 30.3 Å². The first-order chi connectivity index (χ1) is 14.6. The fourth-order valence-electron chi connectivity index (χ4n) is 3.34. The highest BCUT2D eigenvalue weighted by atomic mass is 16.5. The number of piperidine rings is 1.